The van der Waals surface area contributed by atoms with Crippen LogP contribution in [-0.2, 0) is 0 Å². The van der Waals surface area contributed by atoms with Gasteiger partial charge in [0, 0.05) is 17.5 Å². The van der Waals surface area contributed by atoms with E-state index in [-0.39, 0.29) is 5.69 Å². The summed E-state index contributed by atoms with van der Waals surface area (Å²) in [6.07, 6.45) is 0. The number of aryl methyl sites for hydroxylation is 1. The van der Waals surface area contributed by atoms with Crippen LogP contribution in [0.2, 0.25) is 0 Å². The molecule has 2 amide bonds. The van der Waals surface area contributed by atoms with E-state index in [9.17, 15) is 14.9 Å². The van der Waals surface area contributed by atoms with Gasteiger partial charge < -0.3 is 10.6 Å². The normalized spacial score (nSPS) is 10.4. The van der Waals surface area contributed by atoms with Crippen LogP contribution in [0.5, 0.6) is 0 Å². The Morgan fingerprint density at radius 2 is 1.67 bits per heavy atom. The molecule has 0 saturated heterocycles. The fraction of sp³-hybridized carbons (Fsp3) is 0.0556. The highest BCUT2D eigenvalue weighted by Crippen LogP contribution is 2.24. The van der Waals surface area contributed by atoms with Gasteiger partial charge in [-0.15, -0.1) is 0 Å². The molecule has 24 heavy (non-hydrogen) atoms. The standard InChI is InChI=1S/C18H15N3O3/c1-12-9-10-14(21(23)24)11-17(12)20-18(22)19-16-8-4-6-13-5-2-3-7-15(13)16/h2-11H,1H3,(H2,19,20,22). The van der Waals surface area contributed by atoms with Gasteiger partial charge in [-0.3, -0.25) is 10.1 Å². The van der Waals surface area contributed by atoms with Crippen molar-refractivity contribution < 1.29 is 9.72 Å². The maximum atomic E-state index is 12.3. The molecule has 0 spiro atoms. The molecule has 6 nitrogen and oxygen atoms in total. The van der Waals surface area contributed by atoms with Gasteiger partial charge in [-0.2, -0.15) is 0 Å². The summed E-state index contributed by atoms with van der Waals surface area (Å²) in [5.41, 5.74) is 1.75. The van der Waals surface area contributed by atoms with E-state index >= 15 is 0 Å². The fourth-order valence-corrected chi connectivity index (χ4v) is 2.47. The van der Waals surface area contributed by atoms with Gasteiger partial charge in [-0.1, -0.05) is 42.5 Å². The van der Waals surface area contributed by atoms with E-state index in [1.54, 1.807) is 13.0 Å². The molecule has 0 atom stereocenters. The summed E-state index contributed by atoms with van der Waals surface area (Å²) in [5, 5.41) is 18.3. The summed E-state index contributed by atoms with van der Waals surface area (Å²) in [7, 11) is 0. The van der Waals surface area contributed by atoms with Gasteiger partial charge in [0.25, 0.3) is 5.69 Å². The molecule has 6 heteroatoms. The van der Waals surface area contributed by atoms with Crippen molar-refractivity contribution in [1.29, 1.82) is 0 Å². The average molecular weight is 321 g/mol. The number of amides is 2. The number of nitro benzene ring substituents is 1. The van der Waals surface area contributed by atoms with Crippen LogP contribution in [0, 0.1) is 17.0 Å². The van der Waals surface area contributed by atoms with E-state index in [4.69, 9.17) is 0 Å². The maximum absolute atomic E-state index is 12.3. The Hall–Kier alpha value is -3.41. The molecule has 0 unspecified atom stereocenters. The fourth-order valence-electron chi connectivity index (χ4n) is 2.47. The highest BCUT2D eigenvalue weighted by Gasteiger charge is 2.11. The second kappa shape index (κ2) is 6.37. The Kier molecular flexibility index (Phi) is 4.11. The van der Waals surface area contributed by atoms with Crippen molar-refractivity contribution in [1.82, 2.24) is 0 Å². The predicted octanol–water partition coefficient (Wildman–Crippen LogP) is 4.70. The van der Waals surface area contributed by atoms with E-state index in [0.717, 1.165) is 16.3 Å². The lowest BCUT2D eigenvalue weighted by molar-refractivity contribution is -0.384. The van der Waals surface area contributed by atoms with Gasteiger partial charge >= 0.3 is 6.03 Å². The molecule has 0 aliphatic rings. The SMILES string of the molecule is Cc1ccc([N+](=O)[O-])cc1NC(=O)Nc1cccc2ccccc12. The number of carbonyl (C=O) groups excluding carboxylic acids is 1. The first kappa shape index (κ1) is 15.5. The largest absolute Gasteiger partial charge is 0.323 e. The zero-order chi connectivity index (χ0) is 17.1. The second-order valence-electron chi connectivity index (χ2n) is 5.36. The number of hydrogen-bond donors (Lipinski definition) is 2. The van der Waals surface area contributed by atoms with Gasteiger partial charge in [-0.05, 0) is 23.9 Å². The van der Waals surface area contributed by atoms with Crippen LogP contribution in [0.3, 0.4) is 0 Å². The maximum Gasteiger partial charge on any atom is 0.323 e. The first-order chi connectivity index (χ1) is 11.5. The molecule has 0 saturated carbocycles. The molecule has 0 aliphatic heterocycles. The van der Waals surface area contributed by atoms with Gasteiger partial charge in [0.05, 0.1) is 16.3 Å². The smallest absolute Gasteiger partial charge is 0.307 e. The van der Waals surface area contributed by atoms with Crippen LogP contribution < -0.4 is 10.6 Å². The summed E-state index contributed by atoms with van der Waals surface area (Å²) in [6.45, 7) is 1.78. The number of nitrogens with one attached hydrogen (secondary N) is 2. The molecule has 0 fully saturated rings. The van der Waals surface area contributed by atoms with Crippen LogP contribution in [0.25, 0.3) is 10.8 Å². The number of urea groups is 1. The molecule has 0 aromatic heterocycles. The van der Waals surface area contributed by atoms with Crippen molar-refractivity contribution in [2.75, 3.05) is 10.6 Å². The molecule has 3 aromatic rings. The third-order valence-electron chi connectivity index (χ3n) is 3.72. The Bertz CT molecular complexity index is 932. The first-order valence-electron chi connectivity index (χ1n) is 7.35. The second-order valence-corrected chi connectivity index (χ2v) is 5.36. The minimum Gasteiger partial charge on any atom is -0.307 e. The highest BCUT2D eigenvalue weighted by atomic mass is 16.6. The van der Waals surface area contributed by atoms with Crippen LogP contribution in [0.1, 0.15) is 5.56 Å². The number of nitro groups is 1. The molecular weight excluding hydrogens is 306 g/mol. The van der Waals surface area contributed by atoms with Crippen LogP contribution >= 0.6 is 0 Å². The summed E-state index contributed by atoms with van der Waals surface area (Å²) in [5.74, 6) is 0. The minimum atomic E-state index is -0.493. The van der Waals surface area contributed by atoms with E-state index in [1.165, 1.54) is 12.1 Å². The average Bonchev–Trinajstić information content (AvgIpc) is 2.57. The molecule has 0 aliphatic carbocycles. The third-order valence-corrected chi connectivity index (χ3v) is 3.72. The lowest BCUT2D eigenvalue weighted by Gasteiger charge is -2.11. The molecule has 3 aromatic carbocycles. The topological polar surface area (TPSA) is 84.3 Å². The summed E-state index contributed by atoms with van der Waals surface area (Å²) < 4.78 is 0. The van der Waals surface area contributed by atoms with Gasteiger partial charge in [0.1, 0.15) is 0 Å². The van der Waals surface area contributed by atoms with Crippen molar-refractivity contribution in [3.63, 3.8) is 0 Å². The summed E-state index contributed by atoms with van der Waals surface area (Å²) >= 11 is 0. The number of hydrogen-bond acceptors (Lipinski definition) is 3. The van der Waals surface area contributed by atoms with Crippen LogP contribution in [0.15, 0.2) is 60.7 Å². The lowest BCUT2D eigenvalue weighted by atomic mass is 10.1. The Morgan fingerprint density at radius 3 is 2.46 bits per heavy atom. The van der Waals surface area contributed by atoms with E-state index in [1.807, 2.05) is 42.5 Å². The zero-order valence-electron chi connectivity index (χ0n) is 12.9. The molecule has 2 N–H and O–H groups in total. The van der Waals surface area contributed by atoms with Crippen molar-refractivity contribution in [3.05, 3.63) is 76.3 Å². The van der Waals surface area contributed by atoms with Gasteiger partial charge in [0.2, 0.25) is 0 Å². The number of benzene rings is 3. The number of rotatable bonds is 3. The van der Waals surface area contributed by atoms with E-state index in [2.05, 4.69) is 10.6 Å². The number of carbonyl (C=O) groups is 1. The molecule has 3 rings (SSSR count). The number of nitrogens with zero attached hydrogens (tertiary/aromatic N) is 1. The Morgan fingerprint density at radius 1 is 0.958 bits per heavy atom. The number of anilines is 2. The Balaban J connectivity index is 1.83. The first-order valence-corrected chi connectivity index (χ1v) is 7.35. The Labute approximate surface area is 138 Å². The van der Waals surface area contributed by atoms with Crippen molar-refractivity contribution in [3.8, 4) is 0 Å². The van der Waals surface area contributed by atoms with Crippen molar-refractivity contribution >= 4 is 33.9 Å². The molecular formula is C18H15N3O3. The third kappa shape index (κ3) is 3.17. The van der Waals surface area contributed by atoms with Gasteiger partial charge in [-0.25, -0.2) is 4.79 Å². The molecule has 0 radical (unpaired) electrons. The predicted molar refractivity (Wildman–Crippen MR) is 94.4 cm³/mol. The highest BCUT2D eigenvalue weighted by molar-refractivity contribution is 6.06. The summed E-state index contributed by atoms with van der Waals surface area (Å²) in [6, 6.07) is 17.2. The van der Waals surface area contributed by atoms with Crippen LogP contribution in [-0.4, -0.2) is 11.0 Å². The number of non-ortho nitro benzene ring substituents is 1. The monoisotopic (exact) mass is 321 g/mol. The number of fused-ring (bicyclic) bond motifs is 1. The quantitative estimate of drug-likeness (QED) is 0.541. The van der Waals surface area contributed by atoms with E-state index < -0.39 is 11.0 Å². The molecule has 0 bridgehead atoms. The summed E-state index contributed by atoms with van der Waals surface area (Å²) in [4.78, 5) is 22.6. The molecule has 120 valence electrons. The van der Waals surface area contributed by atoms with Crippen LogP contribution in [0.4, 0.5) is 21.9 Å². The van der Waals surface area contributed by atoms with Crippen molar-refractivity contribution in [2.24, 2.45) is 0 Å². The van der Waals surface area contributed by atoms with E-state index in [0.29, 0.717) is 11.4 Å². The minimum absolute atomic E-state index is 0.0685. The van der Waals surface area contributed by atoms with Crippen molar-refractivity contribution in [2.45, 2.75) is 6.92 Å². The molecule has 0 heterocycles. The van der Waals surface area contributed by atoms with Gasteiger partial charge in [0.15, 0.2) is 0 Å². The zero-order valence-corrected chi connectivity index (χ0v) is 12.9. The lowest BCUT2D eigenvalue weighted by Crippen LogP contribution is -2.20.